The van der Waals surface area contributed by atoms with Gasteiger partial charge in [-0.2, -0.15) is 5.10 Å². The maximum atomic E-state index is 13.0. The number of urea groups is 1. The Kier molecular flexibility index (Phi) is 5.85. The third kappa shape index (κ3) is 4.55. The number of aryl methyl sites for hydroxylation is 1. The molecule has 0 saturated heterocycles. The average Bonchev–Trinajstić information content (AvgIpc) is 3.15. The molecule has 33 heavy (non-hydrogen) atoms. The summed E-state index contributed by atoms with van der Waals surface area (Å²) < 4.78 is 50.9. The molecule has 0 radical (unpaired) electrons. The van der Waals surface area contributed by atoms with Crippen LogP contribution in [0.15, 0.2) is 42.6 Å². The van der Waals surface area contributed by atoms with Gasteiger partial charge in [-0.3, -0.25) is 4.68 Å². The van der Waals surface area contributed by atoms with Gasteiger partial charge >= 0.3 is 12.4 Å². The van der Waals surface area contributed by atoms with Crippen molar-refractivity contribution in [3.63, 3.8) is 0 Å². The molecule has 0 bridgehead atoms. The average molecular weight is 462 g/mol. The molecule has 2 N–H and O–H groups in total. The largest absolute Gasteiger partial charge is 0.573 e. The first-order valence-corrected chi connectivity index (χ1v) is 10.7. The first-order chi connectivity index (χ1) is 15.6. The van der Waals surface area contributed by atoms with E-state index >= 15 is 0 Å². The van der Waals surface area contributed by atoms with E-state index in [0.29, 0.717) is 30.5 Å². The van der Waals surface area contributed by atoms with Crippen LogP contribution in [0.1, 0.15) is 44.7 Å². The summed E-state index contributed by atoms with van der Waals surface area (Å²) in [5.41, 5.74) is 1.13. The quantitative estimate of drug-likeness (QED) is 0.512. The Hall–Kier alpha value is -3.43. The highest BCUT2D eigenvalue weighted by atomic mass is 19.4. The lowest BCUT2D eigenvalue weighted by atomic mass is 9.83. The smallest absolute Gasteiger partial charge is 0.483 e. The van der Waals surface area contributed by atoms with E-state index in [1.54, 1.807) is 30.1 Å². The topological polar surface area (TPSA) is 77.4 Å². The molecule has 0 saturated carbocycles. The number of para-hydroxylation sites is 1. The molecule has 3 aromatic rings. The van der Waals surface area contributed by atoms with E-state index in [2.05, 4.69) is 20.5 Å². The van der Waals surface area contributed by atoms with E-state index in [1.165, 1.54) is 12.1 Å². The Morgan fingerprint density at radius 3 is 2.67 bits per heavy atom. The number of anilines is 1. The molecule has 10 heteroatoms. The van der Waals surface area contributed by atoms with E-state index in [4.69, 9.17) is 4.74 Å². The number of nitrogens with zero attached hydrogens (tertiary/aromatic N) is 2. The first-order valence-electron chi connectivity index (χ1n) is 10.7. The first kappa shape index (κ1) is 22.8. The fourth-order valence-electron chi connectivity index (χ4n) is 4.28. The van der Waals surface area contributed by atoms with E-state index in [1.807, 2.05) is 26.0 Å². The van der Waals surface area contributed by atoms with Gasteiger partial charge in [-0.25, -0.2) is 4.79 Å². The lowest BCUT2D eigenvalue weighted by Crippen LogP contribution is -2.45. The van der Waals surface area contributed by atoms with Crippen LogP contribution >= 0.6 is 0 Å². The summed E-state index contributed by atoms with van der Waals surface area (Å²) >= 11 is 0. The monoisotopic (exact) mass is 462 g/mol. The van der Waals surface area contributed by atoms with Crippen LogP contribution in [0.4, 0.5) is 23.7 Å². The third-order valence-electron chi connectivity index (χ3n) is 6.14. The van der Waals surface area contributed by atoms with Crippen molar-refractivity contribution in [3.8, 4) is 11.5 Å². The number of ether oxygens (including phenoxy) is 2. The summed E-state index contributed by atoms with van der Waals surface area (Å²) in [5, 5.41) is 10.7. The summed E-state index contributed by atoms with van der Waals surface area (Å²) in [6, 6.07) is 8.72. The van der Waals surface area contributed by atoms with E-state index in [-0.39, 0.29) is 5.75 Å². The molecule has 4 rings (SSSR count). The van der Waals surface area contributed by atoms with Crippen LogP contribution in [0.3, 0.4) is 0 Å². The van der Waals surface area contributed by atoms with Crippen LogP contribution < -0.4 is 20.1 Å². The predicted octanol–water partition coefficient (Wildman–Crippen LogP) is 5.68. The van der Waals surface area contributed by atoms with Gasteiger partial charge in [-0.15, -0.1) is 13.2 Å². The number of halogens is 3. The summed E-state index contributed by atoms with van der Waals surface area (Å²) in [5.74, 6) is -0.414. The van der Waals surface area contributed by atoms with Crippen LogP contribution in [-0.4, -0.2) is 27.8 Å². The number of nitrogens with one attached hydrogen (secondary N) is 2. The van der Waals surface area contributed by atoms with Crippen molar-refractivity contribution in [3.05, 3.63) is 48.2 Å². The van der Waals surface area contributed by atoms with E-state index in [9.17, 15) is 18.0 Å². The summed E-state index contributed by atoms with van der Waals surface area (Å²) in [7, 11) is 1.81. The number of amides is 2. The van der Waals surface area contributed by atoms with Crippen molar-refractivity contribution in [1.82, 2.24) is 15.1 Å². The van der Waals surface area contributed by atoms with Gasteiger partial charge in [0.2, 0.25) is 0 Å². The van der Waals surface area contributed by atoms with E-state index < -0.39 is 29.8 Å². The minimum absolute atomic E-state index is 0.00411. The number of benzene rings is 2. The zero-order chi connectivity index (χ0) is 23.8. The van der Waals surface area contributed by atoms with Gasteiger partial charge in [0.25, 0.3) is 0 Å². The molecule has 1 atom stereocenters. The molecular weight excluding hydrogens is 437 g/mol. The van der Waals surface area contributed by atoms with Gasteiger partial charge in [0.05, 0.1) is 23.4 Å². The summed E-state index contributed by atoms with van der Waals surface area (Å²) in [6.45, 7) is 3.81. The Labute approximate surface area is 188 Å². The van der Waals surface area contributed by atoms with Gasteiger partial charge in [-0.1, -0.05) is 32.0 Å². The van der Waals surface area contributed by atoms with Gasteiger partial charge < -0.3 is 20.1 Å². The van der Waals surface area contributed by atoms with Crippen molar-refractivity contribution in [2.24, 2.45) is 7.05 Å². The number of hydrogen-bond acceptors (Lipinski definition) is 4. The molecule has 176 valence electrons. The van der Waals surface area contributed by atoms with Crippen LogP contribution in [-0.2, 0) is 7.05 Å². The van der Waals surface area contributed by atoms with Crippen LogP contribution in [0.5, 0.6) is 11.5 Å². The normalized spacial score (nSPS) is 17.2. The lowest BCUT2D eigenvalue weighted by Gasteiger charge is -2.42. The SMILES string of the molecule is CCC1(CC)C[C@@H](NC(=O)Nc2cccc3c2cnn3C)c2cccc(OC(F)(F)F)c2O1. The Morgan fingerprint density at radius 1 is 1.24 bits per heavy atom. The van der Waals surface area contributed by atoms with Crippen LogP contribution in [0.2, 0.25) is 0 Å². The standard InChI is InChI=1S/C23H25F3N4O3/c1-4-22(5-2)12-17(14-8-6-11-19(20(14)33-22)32-23(24,25)26)29-21(31)28-16-9-7-10-18-15(16)13-27-30(18)3/h6-11,13,17H,4-5,12H2,1-3H3,(H2,28,29,31)/t17-/m1/s1. The summed E-state index contributed by atoms with van der Waals surface area (Å²) in [4.78, 5) is 12.9. The second-order valence-corrected chi connectivity index (χ2v) is 8.08. The molecule has 2 aromatic carbocycles. The Morgan fingerprint density at radius 2 is 1.97 bits per heavy atom. The van der Waals surface area contributed by atoms with Gasteiger partial charge in [0.1, 0.15) is 5.60 Å². The fraction of sp³-hybridized carbons (Fsp3) is 0.391. The van der Waals surface area contributed by atoms with Crippen molar-refractivity contribution in [1.29, 1.82) is 0 Å². The van der Waals surface area contributed by atoms with Gasteiger partial charge in [-0.05, 0) is 31.0 Å². The van der Waals surface area contributed by atoms with Crippen LogP contribution in [0.25, 0.3) is 10.9 Å². The number of fused-ring (bicyclic) bond motifs is 2. The molecule has 0 spiro atoms. The maximum Gasteiger partial charge on any atom is 0.573 e. The van der Waals surface area contributed by atoms with Crippen LogP contribution in [0, 0.1) is 0 Å². The minimum atomic E-state index is -4.86. The second-order valence-electron chi connectivity index (χ2n) is 8.08. The fourth-order valence-corrected chi connectivity index (χ4v) is 4.28. The molecule has 0 aliphatic carbocycles. The highest BCUT2D eigenvalue weighted by molar-refractivity contribution is 6.00. The highest BCUT2D eigenvalue weighted by Crippen LogP contribution is 2.48. The number of hydrogen-bond donors (Lipinski definition) is 2. The highest BCUT2D eigenvalue weighted by Gasteiger charge is 2.42. The second kappa shape index (κ2) is 8.49. The zero-order valence-electron chi connectivity index (χ0n) is 18.5. The molecule has 1 aromatic heterocycles. The van der Waals surface area contributed by atoms with Crippen molar-refractivity contribution < 1.29 is 27.4 Å². The Bertz CT molecular complexity index is 1170. The van der Waals surface area contributed by atoms with Crippen molar-refractivity contribution in [2.75, 3.05) is 5.32 Å². The zero-order valence-corrected chi connectivity index (χ0v) is 18.5. The number of alkyl halides is 3. The Balaban J connectivity index is 1.64. The molecular formula is C23H25F3N4O3. The number of rotatable bonds is 5. The predicted molar refractivity (Wildman–Crippen MR) is 117 cm³/mol. The lowest BCUT2D eigenvalue weighted by molar-refractivity contribution is -0.275. The molecule has 2 heterocycles. The maximum absolute atomic E-state index is 13.0. The van der Waals surface area contributed by atoms with Crippen molar-refractivity contribution in [2.45, 2.75) is 51.1 Å². The van der Waals surface area contributed by atoms with Gasteiger partial charge in [0.15, 0.2) is 11.5 Å². The third-order valence-corrected chi connectivity index (χ3v) is 6.14. The van der Waals surface area contributed by atoms with Gasteiger partial charge in [0, 0.05) is 24.4 Å². The van der Waals surface area contributed by atoms with E-state index in [0.717, 1.165) is 10.9 Å². The molecule has 7 nitrogen and oxygen atoms in total. The number of carbonyl (C=O) groups is 1. The number of aromatic nitrogens is 2. The molecule has 1 aliphatic heterocycles. The molecule has 0 fully saturated rings. The van der Waals surface area contributed by atoms with Crippen molar-refractivity contribution >= 4 is 22.6 Å². The molecule has 0 unspecified atom stereocenters. The number of carbonyl (C=O) groups excluding carboxylic acids is 1. The minimum Gasteiger partial charge on any atom is -0.483 e. The molecule has 2 amide bonds. The summed E-state index contributed by atoms with van der Waals surface area (Å²) in [6.07, 6.45) is -1.68. The molecule has 1 aliphatic rings.